The third kappa shape index (κ3) is 3.06. The molecule has 2 N–H and O–H groups in total. The van der Waals surface area contributed by atoms with Crippen molar-refractivity contribution < 1.29 is 28.0 Å². The lowest BCUT2D eigenvalue weighted by Gasteiger charge is -2.36. The van der Waals surface area contributed by atoms with E-state index >= 15 is 0 Å². The van der Waals surface area contributed by atoms with Gasteiger partial charge in [0.15, 0.2) is 0 Å². The zero-order valence-corrected chi connectivity index (χ0v) is 11.0. The van der Waals surface area contributed by atoms with Crippen LogP contribution in [-0.4, -0.2) is 49.6 Å². The van der Waals surface area contributed by atoms with Crippen LogP contribution in [0.15, 0.2) is 0 Å². The van der Waals surface area contributed by atoms with Crippen LogP contribution >= 0.6 is 7.75 Å². The molecule has 1 atom stereocenters. The Morgan fingerprint density at radius 1 is 1.39 bits per heavy atom. The van der Waals surface area contributed by atoms with Crippen molar-refractivity contribution in [3.63, 3.8) is 0 Å². The summed E-state index contributed by atoms with van der Waals surface area (Å²) in [7, 11) is -1.53. The van der Waals surface area contributed by atoms with E-state index in [4.69, 9.17) is 0 Å². The van der Waals surface area contributed by atoms with Crippen LogP contribution in [0.25, 0.3) is 0 Å². The van der Waals surface area contributed by atoms with E-state index in [9.17, 15) is 18.9 Å². The Morgan fingerprint density at radius 3 is 2.33 bits per heavy atom. The Labute approximate surface area is 103 Å². The van der Waals surface area contributed by atoms with E-state index in [0.717, 1.165) is 19.1 Å². The molecule has 1 rings (SSSR count). The maximum absolute atomic E-state index is 11.6. The van der Waals surface area contributed by atoms with Crippen molar-refractivity contribution >= 4 is 25.6 Å². The van der Waals surface area contributed by atoms with Gasteiger partial charge in [-0.2, -0.15) is 0 Å². The Morgan fingerprint density at radius 2 is 1.94 bits per heavy atom. The smallest absolute Gasteiger partial charge is 0.343 e. The molecule has 10 heteroatoms. The summed E-state index contributed by atoms with van der Waals surface area (Å²) < 4.78 is 20.6. The summed E-state index contributed by atoms with van der Waals surface area (Å²) in [6.45, 7) is 1.28. The maximum Gasteiger partial charge on any atom is 0.435 e. The SMILES string of the molecule is COP(=O)(NC(=O)N1C[C@H](NC(C)=O)C1=O)OC. The highest BCUT2D eigenvalue weighted by Gasteiger charge is 2.43. The molecule has 0 radical (unpaired) electrons. The molecule has 1 aliphatic rings. The van der Waals surface area contributed by atoms with Gasteiger partial charge >= 0.3 is 13.8 Å². The first kappa shape index (κ1) is 14.6. The first-order valence-electron chi connectivity index (χ1n) is 4.95. The molecule has 0 saturated carbocycles. The van der Waals surface area contributed by atoms with Crippen LogP contribution in [0.1, 0.15) is 6.92 Å². The fraction of sp³-hybridized carbons (Fsp3) is 0.625. The Hall–Kier alpha value is -1.44. The Kier molecular flexibility index (Phi) is 4.44. The molecule has 1 heterocycles. The molecule has 0 unspecified atom stereocenters. The number of carbonyl (C=O) groups excluding carboxylic acids is 3. The average Bonchev–Trinajstić information content (AvgIpc) is 2.32. The summed E-state index contributed by atoms with van der Waals surface area (Å²) >= 11 is 0. The molecule has 0 aromatic rings. The first-order chi connectivity index (χ1) is 8.33. The molecule has 4 amide bonds. The fourth-order valence-corrected chi connectivity index (χ4v) is 1.99. The fourth-order valence-electron chi connectivity index (χ4n) is 1.31. The van der Waals surface area contributed by atoms with E-state index in [0.29, 0.717) is 0 Å². The van der Waals surface area contributed by atoms with Crippen molar-refractivity contribution in [2.45, 2.75) is 13.0 Å². The molecule has 0 aromatic carbocycles. The molecule has 0 aliphatic carbocycles. The van der Waals surface area contributed by atoms with E-state index in [1.165, 1.54) is 6.92 Å². The number of amides is 4. The van der Waals surface area contributed by atoms with Gasteiger partial charge in [0.2, 0.25) is 5.91 Å². The van der Waals surface area contributed by atoms with Gasteiger partial charge < -0.3 is 5.32 Å². The summed E-state index contributed by atoms with van der Waals surface area (Å²) in [6, 6.07) is -1.62. The summed E-state index contributed by atoms with van der Waals surface area (Å²) in [6.07, 6.45) is 0. The number of carbonyl (C=O) groups is 3. The largest absolute Gasteiger partial charge is 0.435 e. The van der Waals surface area contributed by atoms with Gasteiger partial charge in [-0.1, -0.05) is 0 Å². The van der Waals surface area contributed by atoms with Gasteiger partial charge in [0.1, 0.15) is 6.04 Å². The van der Waals surface area contributed by atoms with Crippen molar-refractivity contribution in [1.82, 2.24) is 15.3 Å². The second-order valence-corrected chi connectivity index (χ2v) is 5.43. The van der Waals surface area contributed by atoms with Gasteiger partial charge in [0.25, 0.3) is 5.91 Å². The molecular weight excluding hydrogens is 265 g/mol. The molecule has 0 bridgehead atoms. The van der Waals surface area contributed by atoms with Gasteiger partial charge in [-0.15, -0.1) is 0 Å². The number of likely N-dealkylation sites (tertiary alicyclic amines) is 1. The average molecular weight is 279 g/mol. The number of urea groups is 1. The second-order valence-electron chi connectivity index (χ2n) is 3.48. The molecule has 1 aliphatic heterocycles. The van der Waals surface area contributed by atoms with Gasteiger partial charge in [-0.05, 0) is 0 Å². The summed E-state index contributed by atoms with van der Waals surface area (Å²) in [4.78, 5) is 34.6. The number of hydrogen-bond donors (Lipinski definition) is 2. The van der Waals surface area contributed by atoms with Crippen molar-refractivity contribution in [1.29, 1.82) is 0 Å². The van der Waals surface area contributed by atoms with Crippen molar-refractivity contribution in [2.75, 3.05) is 20.8 Å². The molecule has 0 spiro atoms. The zero-order chi connectivity index (χ0) is 13.9. The minimum Gasteiger partial charge on any atom is -0.343 e. The summed E-state index contributed by atoms with van der Waals surface area (Å²) in [5.41, 5.74) is 0. The lowest BCUT2D eigenvalue weighted by atomic mass is 10.1. The van der Waals surface area contributed by atoms with Crippen LogP contribution in [0, 0.1) is 0 Å². The highest BCUT2D eigenvalue weighted by Crippen LogP contribution is 2.41. The normalized spacial score (nSPS) is 19.2. The van der Waals surface area contributed by atoms with Gasteiger partial charge in [0, 0.05) is 21.1 Å². The van der Waals surface area contributed by atoms with E-state index < -0.39 is 25.7 Å². The molecule has 9 nitrogen and oxygen atoms in total. The van der Waals surface area contributed by atoms with E-state index in [-0.39, 0.29) is 12.5 Å². The molecule has 102 valence electrons. The molecule has 0 aromatic heterocycles. The van der Waals surface area contributed by atoms with E-state index in [1.807, 2.05) is 5.09 Å². The van der Waals surface area contributed by atoms with Crippen LogP contribution in [0.2, 0.25) is 0 Å². The highest BCUT2D eigenvalue weighted by molar-refractivity contribution is 7.52. The highest BCUT2D eigenvalue weighted by atomic mass is 31.2. The Balaban J connectivity index is 2.54. The number of β-lactam (4-membered cyclic amide) rings is 1. The quantitative estimate of drug-likeness (QED) is 0.527. The third-order valence-electron chi connectivity index (χ3n) is 2.27. The monoisotopic (exact) mass is 279 g/mol. The number of hydrogen-bond acceptors (Lipinski definition) is 6. The molecular formula is C8H14N3O6P. The van der Waals surface area contributed by atoms with Crippen LogP contribution < -0.4 is 10.4 Å². The first-order valence-corrected chi connectivity index (χ1v) is 6.49. The zero-order valence-electron chi connectivity index (χ0n) is 10.1. The predicted octanol–water partition coefficient (Wildman–Crippen LogP) is -0.556. The number of rotatable bonds is 4. The third-order valence-corrected chi connectivity index (χ3v) is 3.69. The van der Waals surface area contributed by atoms with Crippen LogP contribution in [0.3, 0.4) is 0 Å². The standard InChI is InChI=1S/C8H14N3O6P/c1-5(12)9-6-4-11(7(6)13)8(14)10-18(15,16-2)17-3/h6H,4H2,1-3H3,(H,9,12)(H,10,14,15)/t6-/m0/s1. The van der Waals surface area contributed by atoms with Crippen molar-refractivity contribution in [3.05, 3.63) is 0 Å². The van der Waals surface area contributed by atoms with E-state index in [1.54, 1.807) is 0 Å². The van der Waals surface area contributed by atoms with Crippen LogP contribution in [0.5, 0.6) is 0 Å². The van der Waals surface area contributed by atoms with Crippen molar-refractivity contribution in [2.24, 2.45) is 0 Å². The van der Waals surface area contributed by atoms with Gasteiger partial charge in [-0.25, -0.2) is 14.4 Å². The van der Waals surface area contributed by atoms with Crippen LogP contribution in [0.4, 0.5) is 4.79 Å². The molecule has 1 fully saturated rings. The lowest BCUT2D eigenvalue weighted by Crippen LogP contribution is -2.66. The van der Waals surface area contributed by atoms with Crippen molar-refractivity contribution in [3.8, 4) is 0 Å². The molecule has 18 heavy (non-hydrogen) atoms. The predicted molar refractivity (Wildman–Crippen MR) is 59.5 cm³/mol. The van der Waals surface area contributed by atoms with Gasteiger partial charge in [-0.3, -0.25) is 23.5 Å². The van der Waals surface area contributed by atoms with Crippen LogP contribution in [-0.2, 0) is 23.2 Å². The number of nitrogens with one attached hydrogen (secondary N) is 2. The van der Waals surface area contributed by atoms with Gasteiger partial charge in [0.05, 0.1) is 6.54 Å². The second kappa shape index (κ2) is 5.47. The minimum absolute atomic E-state index is 0.0116. The number of imide groups is 1. The van der Waals surface area contributed by atoms with E-state index in [2.05, 4.69) is 14.4 Å². The minimum atomic E-state index is -3.73. The summed E-state index contributed by atoms with van der Waals surface area (Å²) in [5.74, 6) is -0.950. The molecule has 1 saturated heterocycles. The Bertz CT molecular complexity index is 417. The summed E-state index contributed by atoms with van der Waals surface area (Å²) in [5, 5.41) is 4.33. The number of nitrogens with zero attached hydrogens (tertiary/aromatic N) is 1. The topological polar surface area (TPSA) is 114 Å². The maximum atomic E-state index is 11.6. The lowest BCUT2D eigenvalue weighted by molar-refractivity contribution is -0.142.